The summed E-state index contributed by atoms with van der Waals surface area (Å²) in [6, 6.07) is 43.4. The molecular weight excluding hydrogens is 566 g/mol. The molecule has 0 aromatic heterocycles. The van der Waals surface area contributed by atoms with Gasteiger partial charge in [0.05, 0.1) is 16.3 Å². The molecule has 0 aliphatic heterocycles. The molecular formula is C38H30O3P2. The van der Waals surface area contributed by atoms with Gasteiger partial charge >= 0.3 is 0 Å². The number of rotatable bonds is 8. The molecule has 0 N–H and O–H groups in total. The highest BCUT2D eigenvalue weighted by Gasteiger charge is 2.38. The third-order valence-electron chi connectivity index (χ3n) is 7.43. The lowest BCUT2D eigenvalue weighted by atomic mass is 10.2. The van der Waals surface area contributed by atoms with Gasteiger partial charge in [0.25, 0.3) is 0 Å². The second-order valence-corrected chi connectivity index (χ2v) is 15.7. The largest absolute Gasteiger partial charge is 0.456 e. The van der Waals surface area contributed by atoms with Crippen LogP contribution in [-0.2, 0) is 9.13 Å². The Morgan fingerprint density at radius 2 is 1.05 bits per heavy atom. The zero-order valence-corrected chi connectivity index (χ0v) is 25.3. The van der Waals surface area contributed by atoms with E-state index in [9.17, 15) is 0 Å². The molecule has 5 heteroatoms. The van der Waals surface area contributed by atoms with Crippen LogP contribution in [0.4, 0.5) is 0 Å². The molecule has 2 atom stereocenters. The van der Waals surface area contributed by atoms with Crippen LogP contribution in [-0.4, -0.2) is 5.66 Å². The van der Waals surface area contributed by atoms with Crippen molar-refractivity contribution in [3.05, 3.63) is 164 Å². The van der Waals surface area contributed by atoms with Gasteiger partial charge in [0.15, 0.2) is 14.3 Å². The minimum atomic E-state index is -3.38. The third kappa shape index (κ3) is 5.61. The summed E-state index contributed by atoms with van der Waals surface area (Å²) in [5, 5.41) is 3.27. The fraction of sp³-hybridized carbons (Fsp3) is 0.0526. The van der Waals surface area contributed by atoms with Crippen LogP contribution in [0.5, 0.6) is 11.5 Å². The first-order chi connectivity index (χ1) is 21.1. The molecule has 1 aliphatic carbocycles. The molecule has 2 unspecified atom stereocenters. The predicted molar refractivity (Wildman–Crippen MR) is 180 cm³/mol. The molecule has 43 heavy (non-hydrogen) atoms. The average molecular weight is 597 g/mol. The van der Waals surface area contributed by atoms with E-state index in [4.69, 9.17) is 4.74 Å². The van der Waals surface area contributed by atoms with Crippen molar-refractivity contribution in [1.29, 1.82) is 0 Å². The van der Waals surface area contributed by atoms with E-state index in [1.165, 1.54) is 0 Å². The van der Waals surface area contributed by atoms with Gasteiger partial charge in [-0.25, -0.2) is 0 Å². The molecule has 0 saturated heterocycles. The van der Waals surface area contributed by atoms with Crippen LogP contribution in [0.15, 0.2) is 164 Å². The van der Waals surface area contributed by atoms with Gasteiger partial charge in [-0.2, -0.15) is 0 Å². The number of benzene rings is 5. The number of para-hydroxylation sites is 2. The maximum Gasteiger partial charge on any atom is 0.174 e. The first-order valence-electron chi connectivity index (χ1n) is 14.2. The van der Waals surface area contributed by atoms with E-state index < -0.39 is 19.9 Å². The number of ether oxygens (including phenoxy) is 1. The van der Waals surface area contributed by atoms with Gasteiger partial charge < -0.3 is 13.9 Å². The number of hydrogen-bond donors (Lipinski definition) is 0. The Morgan fingerprint density at radius 1 is 0.558 bits per heavy atom. The maximum atomic E-state index is 15.5. The minimum absolute atomic E-state index is 0.447. The molecule has 0 spiro atoms. The summed E-state index contributed by atoms with van der Waals surface area (Å²) in [4.78, 5) is 0. The molecule has 0 saturated carbocycles. The van der Waals surface area contributed by atoms with Crippen LogP contribution >= 0.6 is 14.3 Å². The van der Waals surface area contributed by atoms with Gasteiger partial charge in [-0.3, -0.25) is 0 Å². The molecule has 0 heterocycles. The molecule has 0 radical (unpaired) electrons. The second kappa shape index (κ2) is 12.7. The minimum Gasteiger partial charge on any atom is -0.456 e. The third-order valence-corrected chi connectivity index (χ3v) is 13.8. The Labute approximate surface area is 253 Å². The van der Waals surface area contributed by atoms with Crippen molar-refractivity contribution in [3.63, 3.8) is 0 Å². The Morgan fingerprint density at radius 3 is 1.65 bits per heavy atom. The van der Waals surface area contributed by atoms with Gasteiger partial charge in [0.2, 0.25) is 0 Å². The van der Waals surface area contributed by atoms with Crippen LogP contribution in [0.1, 0.15) is 6.42 Å². The van der Waals surface area contributed by atoms with E-state index in [0.29, 0.717) is 44.4 Å². The lowest BCUT2D eigenvalue weighted by Crippen LogP contribution is -2.27. The Bertz CT molecular complexity index is 1890. The molecule has 210 valence electrons. The van der Waals surface area contributed by atoms with E-state index in [2.05, 4.69) is 11.8 Å². The van der Waals surface area contributed by atoms with Gasteiger partial charge in [0, 0.05) is 22.3 Å². The topological polar surface area (TPSA) is 43.4 Å². The van der Waals surface area contributed by atoms with Crippen LogP contribution in [0, 0.1) is 11.8 Å². The first kappa shape index (κ1) is 28.5. The summed E-state index contributed by atoms with van der Waals surface area (Å²) in [7, 11) is -6.72. The van der Waals surface area contributed by atoms with E-state index in [-0.39, 0.29) is 0 Å². The average Bonchev–Trinajstić information content (AvgIpc) is 3.06. The standard InChI is InChI=1S/C38H30O3P2/c39-42(32-21-9-4-10-22-32,31-19-7-2-1-3-8-20-31)37-29-17-15-27-35(37)41-36-28-16-18-30-38(36)43(40,33-23-11-5-12-24-33)34-25-13-6-14-26-34/h1-2,4-7,9-19,21-31H,3H2/b2-1-,19-7-. The van der Waals surface area contributed by atoms with Crippen LogP contribution in [0.25, 0.3) is 0 Å². The fourth-order valence-electron chi connectivity index (χ4n) is 5.34. The van der Waals surface area contributed by atoms with Crippen molar-refractivity contribution in [3.8, 4) is 23.3 Å². The molecule has 0 bridgehead atoms. The zero-order chi connectivity index (χ0) is 29.5. The summed E-state index contributed by atoms with van der Waals surface area (Å²) in [6.45, 7) is 0. The van der Waals surface area contributed by atoms with Gasteiger partial charge in [-0.05, 0) is 24.3 Å². The lowest BCUT2D eigenvalue weighted by Gasteiger charge is -2.27. The van der Waals surface area contributed by atoms with Crippen LogP contribution in [0.2, 0.25) is 0 Å². The molecule has 5 aromatic rings. The Balaban J connectivity index is 1.53. The molecule has 3 nitrogen and oxygen atoms in total. The SMILES string of the molecule is O=P(c1ccccc1)(c1ccccc1)c1ccccc1Oc1ccccc1P(=O)(c1ccccc1)C1C#CC/C=C\C=C/1. The highest BCUT2D eigenvalue weighted by atomic mass is 31.2. The Hall–Kier alpha value is -4.60. The lowest BCUT2D eigenvalue weighted by molar-refractivity contribution is 0.489. The summed E-state index contributed by atoms with van der Waals surface area (Å²) in [5.74, 6) is 7.36. The van der Waals surface area contributed by atoms with Crippen molar-refractivity contribution >= 4 is 40.8 Å². The highest BCUT2D eigenvalue weighted by molar-refractivity contribution is 7.85. The maximum absolute atomic E-state index is 15.5. The predicted octanol–water partition coefficient (Wildman–Crippen LogP) is 7.32. The first-order valence-corrected chi connectivity index (χ1v) is 17.7. The number of hydrogen-bond acceptors (Lipinski definition) is 3. The smallest absolute Gasteiger partial charge is 0.174 e. The van der Waals surface area contributed by atoms with Crippen LogP contribution < -0.4 is 31.3 Å². The summed E-state index contributed by atoms with van der Waals surface area (Å²) in [5.41, 5.74) is -0.542. The quantitative estimate of drug-likeness (QED) is 0.139. The van der Waals surface area contributed by atoms with Crippen molar-refractivity contribution in [2.24, 2.45) is 0 Å². The highest BCUT2D eigenvalue weighted by Crippen LogP contribution is 2.52. The molecule has 5 aromatic carbocycles. The second-order valence-electron chi connectivity index (χ2n) is 10.1. The Kier molecular flexibility index (Phi) is 8.44. The van der Waals surface area contributed by atoms with E-state index in [1.54, 1.807) is 0 Å². The van der Waals surface area contributed by atoms with Crippen molar-refractivity contribution < 1.29 is 13.9 Å². The van der Waals surface area contributed by atoms with E-state index >= 15 is 9.13 Å². The monoisotopic (exact) mass is 596 g/mol. The van der Waals surface area contributed by atoms with Crippen molar-refractivity contribution in [1.82, 2.24) is 0 Å². The summed E-state index contributed by atoms with van der Waals surface area (Å²) >= 11 is 0. The number of allylic oxidation sites excluding steroid dienone is 4. The summed E-state index contributed by atoms with van der Waals surface area (Å²) < 4.78 is 37.5. The molecule has 0 amide bonds. The zero-order valence-electron chi connectivity index (χ0n) is 23.5. The van der Waals surface area contributed by atoms with Gasteiger partial charge in [-0.15, -0.1) is 0 Å². The van der Waals surface area contributed by atoms with Crippen LogP contribution in [0.3, 0.4) is 0 Å². The molecule has 6 rings (SSSR count). The normalized spacial score (nSPS) is 17.3. The summed E-state index contributed by atoms with van der Waals surface area (Å²) in [6.07, 6.45) is 8.36. The van der Waals surface area contributed by atoms with Crippen molar-refractivity contribution in [2.75, 3.05) is 0 Å². The molecule has 0 fully saturated rings. The van der Waals surface area contributed by atoms with Gasteiger partial charge in [-0.1, -0.05) is 151 Å². The molecule has 1 aliphatic rings. The van der Waals surface area contributed by atoms with Gasteiger partial charge in [0.1, 0.15) is 11.5 Å². The van der Waals surface area contributed by atoms with E-state index in [1.807, 2.05) is 164 Å². The van der Waals surface area contributed by atoms with E-state index in [0.717, 1.165) is 0 Å². The van der Waals surface area contributed by atoms with Crippen molar-refractivity contribution in [2.45, 2.75) is 12.1 Å². The fourth-order valence-corrected chi connectivity index (χ4v) is 11.0.